The Hall–Kier alpha value is -0.570. The third-order valence-electron chi connectivity index (χ3n) is 4.57. The molecule has 0 atom stereocenters. The fraction of sp³-hybridized carbons (Fsp3) is 0.933. The molecule has 0 bridgehead atoms. The third kappa shape index (κ3) is 3.98. The lowest BCUT2D eigenvalue weighted by molar-refractivity contribution is -0.129. The van der Waals surface area contributed by atoms with Crippen molar-refractivity contribution in [2.24, 2.45) is 5.92 Å². The molecule has 3 nitrogen and oxygen atoms in total. The van der Waals surface area contributed by atoms with Crippen LogP contribution in [-0.2, 0) is 4.79 Å². The molecule has 0 aliphatic heterocycles. The van der Waals surface area contributed by atoms with Crippen LogP contribution in [0.3, 0.4) is 0 Å². The monoisotopic (exact) mass is 252 g/mol. The first-order valence-corrected chi connectivity index (χ1v) is 7.69. The minimum Gasteiger partial charge on any atom is -0.342 e. The Balaban J connectivity index is 1.61. The Morgan fingerprint density at radius 3 is 2.39 bits per heavy atom. The van der Waals surface area contributed by atoms with Crippen molar-refractivity contribution in [1.29, 1.82) is 0 Å². The van der Waals surface area contributed by atoms with E-state index in [1.54, 1.807) is 0 Å². The fourth-order valence-electron chi connectivity index (χ4n) is 3.09. The van der Waals surface area contributed by atoms with Gasteiger partial charge < -0.3 is 10.2 Å². The zero-order valence-electron chi connectivity index (χ0n) is 12.0. The minimum atomic E-state index is 0.271. The lowest BCUT2D eigenvalue weighted by Gasteiger charge is -2.29. The normalized spacial score (nSPS) is 28.1. The second-order valence-corrected chi connectivity index (χ2v) is 6.12. The van der Waals surface area contributed by atoms with Crippen molar-refractivity contribution in [3.63, 3.8) is 0 Å². The van der Waals surface area contributed by atoms with E-state index >= 15 is 0 Å². The van der Waals surface area contributed by atoms with E-state index in [0.29, 0.717) is 18.6 Å². The van der Waals surface area contributed by atoms with Crippen LogP contribution in [-0.4, -0.2) is 36.5 Å². The topological polar surface area (TPSA) is 32.3 Å². The molecule has 104 valence electrons. The van der Waals surface area contributed by atoms with Crippen LogP contribution in [0.4, 0.5) is 0 Å². The van der Waals surface area contributed by atoms with Gasteiger partial charge in [-0.3, -0.25) is 4.79 Å². The molecule has 0 saturated heterocycles. The van der Waals surface area contributed by atoms with Crippen LogP contribution in [0, 0.1) is 5.92 Å². The average molecular weight is 252 g/mol. The molecule has 3 heteroatoms. The number of likely N-dealkylation sites (N-methyl/N-ethyl adjacent to an activating group) is 1. The van der Waals surface area contributed by atoms with Crippen molar-refractivity contribution in [3.8, 4) is 0 Å². The van der Waals surface area contributed by atoms with Crippen LogP contribution in [0.1, 0.15) is 58.3 Å². The van der Waals surface area contributed by atoms with E-state index in [0.717, 1.165) is 5.92 Å². The van der Waals surface area contributed by atoms with Gasteiger partial charge in [-0.2, -0.15) is 0 Å². The standard InChI is InChI=1S/C15H28N2O/c1-3-4-12-5-7-13(8-6-12)16-11-15(18)17(2)14-9-10-14/h12-14,16H,3-11H2,1-2H3. The maximum absolute atomic E-state index is 11.9. The molecule has 1 N–H and O–H groups in total. The van der Waals surface area contributed by atoms with Gasteiger partial charge in [0.15, 0.2) is 0 Å². The van der Waals surface area contributed by atoms with Crippen molar-refractivity contribution >= 4 is 5.91 Å². The molecule has 2 saturated carbocycles. The molecule has 2 rings (SSSR count). The highest BCUT2D eigenvalue weighted by atomic mass is 16.2. The predicted molar refractivity (Wildman–Crippen MR) is 74.4 cm³/mol. The van der Waals surface area contributed by atoms with Gasteiger partial charge in [0, 0.05) is 19.1 Å². The molecule has 2 aliphatic rings. The van der Waals surface area contributed by atoms with E-state index in [-0.39, 0.29) is 5.91 Å². The van der Waals surface area contributed by atoms with Crippen molar-refractivity contribution in [1.82, 2.24) is 10.2 Å². The zero-order valence-corrected chi connectivity index (χ0v) is 12.0. The second-order valence-electron chi connectivity index (χ2n) is 6.12. The third-order valence-corrected chi connectivity index (χ3v) is 4.57. The molecule has 0 spiro atoms. The van der Waals surface area contributed by atoms with Gasteiger partial charge in [-0.1, -0.05) is 19.8 Å². The number of hydrogen-bond donors (Lipinski definition) is 1. The Bertz CT molecular complexity index is 268. The molecule has 0 aromatic rings. The van der Waals surface area contributed by atoms with Crippen LogP contribution in [0.15, 0.2) is 0 Å². The predicted octanol–water partition coefficient (Wildman–Crippen LogP) is 2.56. The maximum atomic E-state index is 11.9. The summed E-state index contributed by atoms with van der Waals surface area (Å²) in [6, 6.07) is 1.12. The highest BCUT2D eigenvalue weighted by molar-refractivity contribution is 5.78. The van der Waals surface area contributed by atoms with Gasteiger partial charge >= 0.3 is 0 Å². The molecular weight excluding hydrogens is 224 g/mol. The number of rotatable bonds is 6. The molecule has 18 heavy (non-hydrogen) atoms. The molecule has 0 aromatic carbocycles. The Morgan fingerprint density at radius 1 is 1.17 bits per heavy atom. The number of hydrogen-bond acceptors (Lipinski definition) is 2. The van der Waals surface area contributed by atoms with Gasteiger partial charge in [-0.25, -0.2) is 0 Å². The van der Waals surface area contributed by atoms with E-state index in [1.165, 1.54) is 51.4 Å². The smallest absolute Gasteiger partial charge is 0.236 e. The molecule has 2 fully saturated rings. The lowest BCUT2D eigenvalue weighted by Crippen LogP contribution is -2.42. The number of carbonyl (C=O) groups excluding carboxylic acids is 1. The quantitative estimate of drug-likeness (QED) is 0.788. The van der Waals surface area contributed by atoms with Crippen LogP contribution in [0.2, 0.25) is 0 Å². The van der Waals surface area contributed by atoms with Crippen molar-refractivity contribution in [2.45, 2.75) is 70.4 Å². The van der Waals surface area contributed by atoms with Gasteiger partial charge in [0.25, 0.3) is 0 Å². The molecule has 2 aliphatic carbocycles. The van der Waals surface area contributed by atoms with E-state index in [9.17, 15) is 4.79 Å². The summed E-state index contributed by atoms with van der Waals surface area (Å²) in [6.45, 7) is 2.81. The molecule has 0 radical (unpaired) electrons. The summed E-state index contributed by atoms with van der Waals surface area (Å²) in [7, 11) is 1.94. The number of amides is 1. The molecular formula is C15H28N2O. The molecule has 0 aromatic heterocycles. The Morgan fingerprint density at radius 2 is 1.83 bits per heavy atom. The fourth-order valence-corrected chi connectivity index (χ4v) is 3.09. The Kier molecular flexibility index (Phi) is 5.04. The van der Waals surface area contributed by atoms with Crippen LogP contribution < -0.4 is 5.32 Å². The lowest BCUT2D eigenvalue weighted by atomic mass is 9.83. The van der Waals surface area contributed by atoms with Gasteiger partial charge in [0.1, 0.15) is 0 Å². The summed E-state index contributed by atoms with van der Waals surface area (Å²) >= 11 is 0. The van der Waals surface area contributed by atoms with Crippen LogP contribution in [0.5, 0.6) is 0 Å². The van der Waals surface area contributed by atoms with Crippen molar-refractivity contribution < 1.29 is 4.79 Å². The van der Waals surface area contributed by atoms with Gasteiger partial charge in [-0.15, -0.1) is 0 Å². The van der Waals surface area contributed by atoms with Crippen LogP contribution in [0.25, 0.3) is 0 Å². The largest absolute Gasteiger partial charge is 0.342 e. The highest BCUT2D eigenvalue weighted by Crippen LogP contribution is 2.28. The number of carbonyl (C=O) groups is 1. The van der Waals surface area contributed by atoms with Crippen molar-refractivity contribution in [2.75, 3.05) is 13.6 Å². The van der Waals surface area contributed by atoms with Crippen molar-refractivity contribution in [3.05, 3.63) is 0 Å². The maximum Gasteiger partial charge on any atom is 0.236 e. The number of nitrogens with zero attached hydrogens (tertiary/aromatic N) is 1. The van der Waals surface area contributed by atoms with Gasteiger partial charge in [0.2, 0.25) is 5.91 Å². The van der Waals surface area contributed by atoms with E-state index in [1.807, 2.05) is 11.9 Å². The van der Waals surface area contributed by atoms with Crippen LogP contribution >= 0.6 is 0 Å². The summed E-state index contributed by atoms with van der Waals surface area (Å²) in [4.78, 5) is 13.8. The number of nitrogens with one attached hydrogen (secondary N) is 1. The van der Waals surface area contributed by atoms with E-state index in [2.05, 4.69) is 12.2 Å². The summed E-state index contributed by atoms with van der Waals surface area (Å²) in [6.07, 6.45) is 10.3. The summed E-state index contributed by atoms with van der Waals surface area (Å²) < 4.78 is 0. The summed E-state index contributed by atoms with van der Waals surface area (Å²) in [5.41, 5.74) is 0. The minimum absolute atomic E-state index is 0.271. The van der Waals surface area contributed by atoms with Gasteiger partial charge in [0.05, 0.1) is 6.54 Å². The first kappa shape index (κ1) is 13.9. The molecule has 0 heterocycles. The summed E-state index contributed by atoms with van der Waals surface area (Å²) in [5, 5.41) is 3.46. The zero-order chi connectivity index (χ0) is 13.0. The Labute approximate surface area is 111 Å². The van der Waals surface area contributed by atoms with E-state index < -0.39 is 0 Å². The summed E-state index contributed by atoms with van der Waals surface area (Å²) in [5.74, 6) is 1.21. The molecule has 1 amide bonds. The van der Waals surface area contributed by atoms with Gasteiger partial charge in [-0.05, 0) is 44.4 Å². The SMILES string of the molecule is CCCC1CCC(NCC(=O)N(C)C2CC2)CC1. The first-order valence-electron chi connectivity index (χ1n) is 7.69. The second kappa shape index (κ2) is 6.55. The first-order chi connectivity index (χ1) is 8.70. The average Bonchev–Trinajstić information content (AvgIpc) is 3.21. The van der Waals surface area contributed by atoms with E-state index in [4.69, 9.17) is 0 Å². The molecule has 0 unspecified atom stereocenters. The highest BCUT2D eigenvalue weighted by Gasteiger charge is 2.29.